The summed E-state index contributed by atoms with van der Waals surface area (Å²) in [4.78, 5) is 14.8. The zero-order valence-corrected chi connectivity index (χ0v) is 21.8. The number of nitrogens with zero attached hydrogens (tertiary/aromatic N) is 2. The van der Waals surface area contributed by atoms with Gasteiger partial charge in [0.2, 0.25) is 10.0 Å². The first-order valence-electron chi connectivity index (χ1n) is 10.5. The van der Waals surface area contributed by atoms with E-state index in [1.165, 1.54) is 40.5 Å². The fourth-order valence-corrected chi connectivity index (χ4v) is 6.57. The molecule has 1 aromatic heterocycles. The lowest BCUT2D eigenvalue weighted by molar-refractivity contribution is 0.0387. The number of aliphatic hydroxyl groups is 1. The van der Waals surface area contributed by atoms with E-state index in [1.54, 1.807) is 18.4 Å². The average molecular weight is 532 g/mol. The normalized spacial score (nSPS) is 20.3. The lowest BCUT2D eigenvalue weighted by Gasteiger charge is -2.38. The first-order valence-corrected chi connectivity index (χ1v) is 14.7. The Morgan fingerprint density at radius 1 is 1.29 bits per heavy atom. The maximum absolute atomic E-state index is 13.3. The lowest BCUT2D eigenvalue weighted by Crippen LogP contribution is -2.50. The second kappa shape index (κ2) is 10.2. The first kappa shape index (κ1) is 26.4. The van der Waals surface area contributed by atoms with Gasteiger partial charge in [0, 0.05) is 25.2 Å². The van der Waals surface area contributed by atoms with Crippen molar-refractivity contribution in [2.24, 2.45) is 5.92 Å². The molecule has 0 spiro atoms. The van der Waals surface area contributed by atoms with Gasteiger partial charge in [0.25, 0.3) is 15.9 Å². The molecule has 1 aliphatic heterocycles. The van der Waals surface area contributed by atoms with Gasteiger partial charge in [0.15, 0.2) is 0 Å². The summed E-state index contributed by atoms with van der Waals surface area (Å²) >= 11 is 1.12. The van der Waals surface area contributed by atoms with Crippen LogP contribution >= 0.6 is 11.3 Å². The highest BCUT2D eigenvalue weighted by Crippen LogP contribution is 2.31. The van der Waals surface area contributed by atoms with Crippen LogP contribution in [-0.4, -0.2) is 82.2 Å². The number of anilines is 1. The molecule has 2 aromatic rings. The van der Waals surface area contributed by atoms with E-state index in [0.29, 0.717) is 0 Å². The van der Waals surface area contributed by atoms with Crippen molar-refractivity contribution < 1.29 is 31.5 Å². The summed E-state index contributed by atoms with van der Waals surface area (Å²) < 4.78 is 59.2. The standard InChI is InChI=1S/C21H29N3O7S3/c1-14-11-24(15(2)13-25)21(26)17-10-16(22-33(4,27)28)7-8-18(17)31-19(14)12-23(3)34(29,30)20-6-5-9-32-20/h5-10,14-15,19,22,25H,11-13H2,1-4H3/t14-,15-,19-/m0/s1. The van der Waals surface area contributed by atoms with E-state index in [4.69, 9.17) is 4.74 Å². The smallest absolute Gasteiger partial charge is 0.258 e. The highest BCUT2D eigenvalue weighted by Gasteiger charge is 2.35. The van der Waals surface area contributed by atoms with Gasteiger partial charge in [-0.3, -0.25) is 9.52 Å². The van der Waals surface area contributed by atoms with Gasteiger partial charge in [-0.15, -0.1) is 11.3 Å². The van der Waals surface area contributed by atoms with E-state index < -0.39 is 38.1 Å². The summed E-state index contributed by atoms with van der Waals surface area (Å²) in [5, 5.41) is 11.4. The Bertz CT molecular complexity index is 1230. The van der Waals surface area contributed by atoms with Crippen molar-refractivity contribution in [1.29, 1.82) is 0 Å². The molecule has 1 aromatic carbocycles. The zero-order valence-electron chi connectivity index (χ0n) is 19.3. The SMILES string of the molecule is C[C@H]1CN([C@@H](C)CO)C(=O)c2cc(NS(C)(=O)=O)ccc2O[C@H]1CN(C)S(=O)(=O)c1cccs1. The van der Waals surface area contributed by atoms with E-state index in [2.05, 4.69) is 4.72 Å². The number of hydrogen-bond donors (Lipinski definition) is 2. The van der Waals surface area contributed by atoms with Crippen LogP contribution in [0.25, 0.3) is 0 Å². The van der Waals surface area contributed by atoms with Crippen LogP contribution in [0.3, 0.4) is 0 Å². The molecule has 1 amide bonds. The molecule has 1 aliphatic rings. The number of thiophene rings is 1. The fourth-order valence-electron chi connectivity index (χ4n) is 3.63. The number of rotatable bonds is 8. The largest absolute Gasteiger partial charge is 0.488 e. The Morgan fingerprint density at radius 3 is 2.59 bits per heavy atom. The molecule has 2 heterocycles. The number of benzene rings is 1. The van der Waals surface area contributed by atoms with E-state index >= 15 is 0 Å². The second-order valence-corrected chi connectivity index (χ2v) is 13.4. The summed E-state index contributed by atoms with van der Waals surface area (Å²) in [6.07, 6.45) is 0.387. The molecule has 2 N–H and O–H groups in total. The van der Waals surface area contributed by atoms with E-state index in [1.807, 2.05) is 6.92 Å². The van der Waals surface area contributed by atoms with E-state index in [9.17, 15) is 26.7 Å². The van der Waals surface area contributed by atoms with Gasteiger partial charge in [0.1, 0.15) is 16.1 Å². The molecule has 13 heteroatoms. The minimum Gasteiger partial charge on any atom is -0.488 e. The molecular weight excluding hydrogens is 502 g/mol. The third-order valence-corrected chi connectivity index (χ3v) is 9.37. The van der Waals surface area contributed by atoms with E-state index in [-0.39, 0.29) is 46.8 Å². The molecular formula is C21H29N3O7S3. The number of fused-ring (bicyclic) bond motifs is 1. The molecule has 0 fully saturated rings. The van der Waals surface area contributed by atoms with Crippen LogP contribution in [0.5, 0.6) is 5.75 Å². The Labute approximate surface area is 204 Å². The van der Waals surface area contributed by atoms with Crippen molar-refractivity contribution in [3.8, 4) is 5.75 Å². The Morgan fingerprint density at radius 2 is 2.00 bits per heavy atom. The number of ether oxygens (including phenoxy) is 1. The van der Waals surface area contributed by atoms with Crippen LogP contribution in [0, 0.1) is 5.92 Å². The summed E-state index contributed by atoms with van der Waals surface area (Å²) in [6, 6.07) is 7.03. The van der Waals surface area contributed by atoms with Gasteiger partial charge < -0.3 is 14.7 Å². The van der Waals surface area contributed by atoms with Gasteiger partial charge in [-0.1, -0.05) is 13.0 Å². The van der Waals surface area contributed by atoms with Gasteiger partial charge in [-0.25, -0.2) is 16.8 Å². The van der Waals surface area contributed by atoms with Crippen molar-refractivity contribution in [3.63, 3.8) is 0 Å². The first-order chi connectivity index (χ1) is 15.8. The number of amides is 1. The molecule has 10 nitrogen and oxygen atoms in total. The molecule has 3 atom stereocenters. The molecule has 3 rings (SSSR count). The molecule has 0 aliphatic carbocycles. The van der Waals surface area contributed by atoms with Crippen LogP contribution in [0.4, 0.5) is 5.69 Å². The van der Waals surface area contributed by atoms with Crippen molar-refractivity contribution >= 4 is 43.0 Å². The molecule has 0 unspecified atom stereocenters. The van der Waals surface area contributed by atoms with Crippen LogP contribution in [0.15, 0.2) is 39.9 Å². The van der Waals surface area contributed by atoms with Crippen molar-refractivity contribution in [1.82, 2.24) is 9.21 Å². The Balaban J connectivity index is 1.99. The summed E-state index contributed by atoms with van der Waals surface area (Å²) in [6.45, 7) is 3.52. The number of carbonyl (C=O) groups excluding carboxylic acids is 1. The number of hydrogen-bond acceptors (Lipinski definition) is 8. The van der Waals surface area contributed by atoms with Gasteiger partial charge in [0.05, 0.1) is 31.0 Å². The maximum atomic E-state index is 13.3. The topological polar surface area (TPSA) is 133 Å². The number of carbonyl (C=O) groups is 1. The minimum absolute atomic E-state index is 0.0275. The summed E-state index contributed by atoms with van der Waals surface area (Å²) in [5.74, 6) is -0.489. The molecule has 34 heavy (non-hydrogen) atoms. The summed E-state index contributed by atoms with van der Waals surface area (Å²) in [5.41, 5.74) is 0.312. The number of sulfonamides is 2. The van der Waals surface area contributed by atoms with Crippen LogP contribution in [-0.2, 0) is 20.0 Å². The molecule has 0 bridgehead atoms. The second-order valence-electron chi connectivity index (χ2n) is 8.43. The van der Waals surface area contributed by atoms with Crippen molar-refractivity contribution in [3.05, 3.63) is 41.3 Å². The number of aliphatic hydroxyl groups excluding tert-OH is 1. The molecule has 0 saturated heterocycles. The van der Waals surface area contributed by atoms with Crippen molar-refractivity contribution in [2.45, 2.75) is 30.2 Å². The third kappa shape index (κ3) is 5.89. The monoisotopic (exact) mass is 531 g/mol. The number of nitrogens with one attached hydrogen (secondary N) is 1. The van der Waals surface area contributed by atoms with Crippen LogP contribution in [0.1, 0.15) is 24.2 Å². The Hall–Kier alpha value is -2.19. The van der Waals surface area contributed by atoms with E-state index in [0.717, 1.165) is 17.6 Å². The average Bonchev–Trinajstić information content (AvgIpc) is 3.30. The maximum Gasteiger partial charge on any atom is 0.258 e. The van der Waals surface area contributed by atoms with Gasteiger partial charge >= 0.3 is 0 Å². The fraction of sp³-hybridized carbons (Fsp3) is 0.476. The van der Waals surface area contributed by atoms with Gasteiger partial charge in [-0.05, 0) is 36.6 Å². The zero-order chi connectivity index (χ0) is 25.3. The predicted octanol–water partition coefficient (Wildman–Crippen LogP) is 1.66. The van der Waals surface area contributed by atoms with Gasteiger partial charge in [-0.2, -0.15) is 4.31 Å². The molecule has 188 valence electrons. The predicted molar refractivity (Wildman–Crippen MR) is 130 cm³/mol. The minimum atomic E-state index is -3.71. The summed E-state index contributed by atoms with van der Waals surface area (Å²) in [7, 11) is -5.81. The lowest BCUT2D eigenvalue weighted by atomic mass is 9.99. The quantitative estimate of drug-likeness (QED) is 0.529. The highest BCUT2D eigenvalue weighted by molar-refractivity contribution is 7.92. The van der Waals surface area contributed by atoms with Crippen LogP contribution < -0.4 is 9.46 Å². The Kier molecular flexibility index (Phi) is 7.92. The molecule has 0 radical (unpaired) electrons. The number of likely N-dealkylation sites (N-methyl/N-ethyl adjacent to an activating group) is 1. The van der Waals surface area contributed by atoms with Crippen molar-refractivity contribution in [2.75, 3.05) is 37.7 Å². The highest BCUT2D eigenvalue weighted by atomic mass is 32.2. The third-order valence-electron chi connectivity index (χ3n) is 5.56. The van der Waals surface area contributed by atoms with Crippen LogP contribution in [0.2, 0.25) is 0 Å². The molecule has 0 saturated carbocycles.